The van der Waals surface area contributed by atoms with Crippen LogP contribution in [-0.4, -0.2) is 58.2 Å². The lowest BCUT2D eigenvalue weighted by molar-refractivity contribution is -0.112. The first-order valence-corrected chi connectivity index (χ1v) is 7.74. The van der Waals surface area contributed by atoms with E-state index in [2.05, 4.69) is 18.7 Å². The minimum absolute atomic E-state index is 0.488. The maximum absolute atomic E-state index is 9.71. The number of rotatable bonds is 3. The van der Waals surface area contributed by atoms with Gasteiger partial charge in [-0.15, -0.1) is 0 Å². The fraction of sp³-hybridized carbons (Fsp3) is 1.00. The zero-order valence-electron chi connectivity index (χ0n) is 12.2. The van der Waals surface area contributed by atoms with Crippen molar-refractivity contribution < 1.29 is 15.3 Å². The first kappa shape index (κ1) is 15.2. The molecule has 4 heteroatoms. The Balaban J connectivity index is 1.77. The highest BCUT2D eigenvalue weighted by molar-refractivity contribution is 4.87. The topological polar surface area (TPSA) is 63.9 Å². The molecule has 19 heavy (non-hydrogen) atoms. The molecular formula is C15H29NO3. The number of aliphatic hydroxyl groups is 3. The Kier molecular flexibility index (Phi) is 5.23. The van der Waals surface area contributed by atoms with Crippen LogP contribution in [0, 0.1) is 17.8 Å². The molecule has 0 unspecified atom stereocenters. The molecule has 112 valence electrons. The molecule has 0 amide bonds. The Morgan fingerprint density at radius 1 is 0.947 bits per heavy atom. The van der Waals surface area contributed by atoms with E-state index in [9.17, 15) is 15.3 Å². The van der Waals surface area contributed by atoms with E-state index in [0.717, 1.165) is 18.4 Å². The summed E-state index contributed by atoms with van der Waals surface area (Å²) in [6.45, 7) is 6.55. The second-order valence-corrected chi connectivity index (χ2v) is 6.87. The Bertz CT molecular complexity index is 265. The summed E-state index contributed by atoms with van der Waals surface area (Å²) in [4.78, 5) is 2.11. The lowest BCUT2D eigenvalue weighted by Gasteiger charge is -2.40. The largest absolute Gasteiger partial charge is 0.389 e. The quantitative estimate of drug-likeness (QED) is 0.712. The molecule has 0 aromatic rings. The standard InChI is InChI=1S/C15H29NO3/c1-10(2)12-5-3-11(4-6-12)7-16-8-13(17)15(19)14(18)9-16/h10-15,17-19H,3-9H2,1-2H3/t11-,12+,13-,14+,15+. The van der Waals surface area contributed by atoms with Gasteiger partial charge in [0.15, 0.2) is 0 Å². The van der Waals surface area contributed by atoms with Crippen molar-refractivity contribution in [3.05, 3.63) is 0 Å². The lowest BCUT2D eigenvalue weighted by atomic mass is 9.76. The van der Waals surface area contributed by atoms with Crippen LogP contribution in [0.15, 0.2) is 0 Å². The molecule has 1 saturated carbocycles. The molecule has 4 nitrogen and oxygen atoms in total. The molecule has 1 aliphatic heterocycles. The van der Waals surface area contributed by atoms with Crippen LogP contribution in [0.1, 0.15) is 39.5 Å². The predicted octanol–water partition coefficient (Wildman–Crippen LogP) is 0.847. The van der Waals surface area contributed by atoms with E-state index < -0.39 is 18.3 Å². The van der Waals surface area contributed by atoms with Crippen LogP contribution in [0.2, 0.25) is 0 Å². The van der Waals surface area contributed by atoms with Gasteiger partial charge in [0.25, 0.3) is 0 Å². The maximum atomic E-state index is 9.71. The van der Waals surface area contributed by atoms with Crippen molar-refractivity contribution in [2.75, 3.05) is 19.6 Å². The molecule has 1 saturated heterocycles. The minimum Gasteiger partial charge on any atom is -0.389 e. The number of hydrogen-bond donors (Lipinski definition) is 3. The predicted molar refractivity (Wildman–Crippen MR) is 74.7 cm³/mol. The highest BCUT2D eigenvalue weighted by atomic mass is 16.4. The summed E-state index contributed by atoms with van der Waals surface area (Å²) in [6, 6.07) is 0. The summed E-state index contributed by atoms with van der Waals surface area (Å²) >= 11 is 0. The van der Waals surface area contributed by atoms with Gasteiger partial charge in [-0.2, -0.15) is 0 Å². The summed E-state index contributed by atoms with van der Waals surface area (Å²) in [5, 5.41) is 29.0. The second-order valence-electron chi connectivity index (χ2n) is 6.87. The number of piperidine rings is 1. The molecule has 2 fully saturated rings. The number of aliphatic hydroxyl groups excluding tert-OH is 3. The molecule has 2 aliphatic rings. The summed E-state index contributed by atoms with van der Waals surface area (Å²) in [5.74, 6) is 2.34. The molecule has 3 N–H and O–H groups in total. The van der Waals surface area contributed by atoms with E-state index in [-0.39, 0.29) is 0 Å². The lowest BCUT2D eigenvalue weighted by Crippen LogP contribution is -2.56. The van der Waals surface area contributed by atoms with E-state index in [0.29, 0.717) is 19.0 Å². The molecule has 1 aliphatic carbocycles. The summed E-state index contributed by atoms with van der Waals surface area (Å²) in [7, 11) is 0. The molecule has 0 aromatic carbocycles. The third-order valence-corrected chi connectivity index (χ3v) is 5.03. The van der Waals surface area contributed by atoms with Crippen molar-refractivity contribution in [3.8, 4) is 0 Å². The Morgan fingerprint density at radius 3 is 1.95 bits per heavy atom. The number of β-amino-alcohol motifs (C(OH)–C–C–N with tert-alkyl or cyclic N) is 2. The molecule has 0 spiro atoms. The van der Waals surface area contributed by atoms with Crippen LogP contribution < -0.4 is 0 Å². The summed E-state index contributed by atoms with van der Waals surface area (Å²) in [6.07, 6.45) is 2.54. The van der Waals surface area contributed by atoms with Crippen molar-refractivity contribution in [2.45, 2.75) is 57.8 Å². The average Bonchev–Trinajstić information content (AvgIpc) is 2.36. The van der Waals surface area contributed by atoms with Crippen LogP contribution in [0.4, 0.5) is 0 Å². The van der Waals surface area contributed by atoms with Crippen molar-refractivity contribution in [1.82, 2.24) is 4.90 Å². The van der Waals surface area contributed by atoms with E-state index in [1.54, 1.807) is 0 Å². The van der Waals surface area contributed by atoms with Gasteiger partial charge in [-0.05, 0) is 43.4 Å². The van der Waals surface area contributed by atoms with Gasteiger partial charge < -0.3 is 15.3 Å². The van der Waals surface area contributed by atoms with Crippen LogP contribution in [0.25, 0.3) is 0 Å². The van der Waals surface area contributed by atoms with E-state index in [1.807, 2.05) is 0 Å². The van der Waals surface area contributed by atoms with Crippen LogP contribution in [-0.2, 0) is 0 Å². The molecule has 0 aromatic heterocycles. The van der Waals surface area contributed by atoms with Crippen LogP contribution in [0.5, 0.6) is 0 Å². The fourth-order valence-corrected chi connectivity index (χ4v) is 3.63. The van der Waals surface area contributed by atoms with Crippen LogP contribution in [0.3, 0.4) is 0 Å². The zero-order valence-corrected chi connectivity index (χ0v) is 12.2. The van der Waals surface area contributed by atoms with E-state index in [4.69, 9.17) is 0 Å². The Morgan fingerprint density at radius 2 is 1.47 bits per heavy atom. The molecular weight excluding hydrogens is 242 g/mol. The fourth-order valence-electron chi connectivity index (χ4n) is 3.63. The Hall–Kier alpha value is -0.160. The molecule has 0 bridgehead atoms. The van der Waals surface area contributed by atoms with Gasteiger partial charge in [0.2, 0.25) is 0 Å². The van der Waals surface area contributed by atoms with Crippen molar-refractivity contribution in [2.24, 2.45) is 17.8 Å². The SMILES string of the molecule is CC(C)[C@H]1CC[C@@H](CN2C[C@@H](O)[C@H](O)[C@@H](O)C2)CC1. The first-order valence-electron chi connectivity index (χ1n) is 7.74. The van der Waals surface area contributed by atoms with Crippen molar-refractivity contribution in [3.63, 3.8) is 0 Å². The van der Waals surface area contributed by atoms with E-state index >= 15 is 0 Å². The van der Waals surface area contributed by atoms with Gasteiger partial charge in [-0.1, -0.05) is 13.8 Å². The molecule has 2 rings (SSSR count). The number of hydrogen-bond acceptors (Lipinski definition) is 4. The van der Waals surface area contributed by atoms with Gasteiger partial charge in [0.05, 0.1) is 12.2 Å². The first-order chi connectivity index (χ1) is 8.97. The van der Waals surface area contributed by atoms with Crippen molar-refractivity contribution >= 4 is 0 Å². The van der Waals surface area contributed by atoms with Gasteiger partial charge in [0, 0.05) is 19.6 Å². The van der Waals surface area contributed by atoms with E-state index in [1.165, 1.54) is 25.7 Å². The second kappa shape index (κ2) is 6.53. The van der Waals surface area contributed by atoms with Crippen LogP contribution >= 0.6 is 0 Å². The van der Waals surface area contributed by atoms with Gasteiger partial charge >= 0.3 is 0 Å². The highest BCUT2D eigenvalue weighted by Crippen LogP contribution is 2.33. The number of likely N-dealkylation sites (tertiary alicyclic amines) is 1. The summed E-state index contributed by atoms with van der Waals surface area (Å²) in [5.41, 5.74) is 0. The van der Waals surface area contributed by atoms with Crippen molar-refractivity contribution in [1.29, 1.82) is 0 Å². The number of nitrogens with zero attached hydrogens (tertiary/aromatic N) is 1. The summed E-state index contributed by atoms with van der Waals surface area (Å²) < 4.78 is 0. The molecule has 0 radical (unpaired) electrons. The Labute approximate surface area is 116 Å². The minimum atomic E-state index is -0.979. The molecule has 1 heterocycles. The van der Waals surface area contributed by atoms with Gasteiger partial charge in [0.1, 0.15) is 6.10 Å². The zero-order chi connectivity index (χ0) is 14.0. The van der Waals surface area contributed by atoms with Gasteiger partial charge in [-0.3, -0.25) is 4.90 Å². The smallest absolute Gasteiger partial charge is 0.108 e. The van der Waals surface area contributed by atoms with Gasteiger partial charge in [-0.25, -0.2) is 0 Å². The molecule has 3 atom stereocenters. The third-order valence-electron chi connectivity index (χ3n) is 5.03. The monoisotopic (exact) mass is 271 g/mol. The normalized spacial score (nSPS) is 41.7. The highest BCUT2D eigenvalue weighted by Gasteiger charge is 2.34. The maximum Gasteiger partial charge on any atom is 0.108 e. The third kappa shape index (κ3) is 3.91. The average molecular weight is 271 g/mol.